The molecular formula is C15H18F3NO2. The van der Waals surface area contributed by atoms with E-state index in [1.165, 1.54) is 37.1 Å². The van der Waals surface area contributed by atoms with E-state index >= 15 is 0 Å². The van der Waals surface area contributed by atoms with Gasteiger partial charge in [0.1, 0.15) is 5.75 Å². The number of rotatable bonds is 5. The number of alkyl halides is 3. The fourth-order valence-electron chi connectivity index (χ4n) is 2.56. The van der Waals surface area contributed by atoms with Crippen LogP contribution in [0.3, 0.4) is 0 Å². The van der Waals surface area contributed by atoms with E-state index < -0.39 is 6.36 Å². The van der Waals surface area contributed by atoms with Crippen molar-refractivity contribution in [2.24, 2.45) is 5.92 Å². The Bertz CT molecular complexity index is 465. The van der Waals surface area contributed by atoms with Crippen molar-refractivity contribution in [2.45, 2.75) is 45.0 Å². The summed E-state index contributed by atoms with van der Waals surface area (Å²) in [6, 6.07) is 5.51. The van der Waals surface area contributed by atoms with Gasteiger partial charge >= 0.3 is 6.36 Å². The van der Waals surface area contributed by atoms with E-state index in [4.69, 9.17) is 0 Å². The average molecular weight is 301 g/mol. The van der Waals surface area contributed by atoms with Crippen molar-refractivity contribution < 1.29 is 22.7 Å². The van der Waals surface area contributed by atoms with Gasteiger partial charge in [-0.05, 0) is 36.5 Å². The Morgan fingerprint density at radius 2 is 1.81 bits per heavy atom. The molecule has 0 unspecified atom stereocenters. The number of carbonyl (C=O) groups is 1. The Labute approximate surface area is 121 Å². The molecule has 0 aromatic heterocycles. The Hall–Kier alpha value is -1.72. The summed E-state index contributed by atoms with van der Waals surface area (Å²) in [7, 11) is 0. The van der Waals surface area contributed by atoms with Gasteiger partial charge in [0, 0.05) is 13.0 Å². The molecule has 0 spiro atoms. The van der Waals surface area contributed by atoms with Crippen LogP contribution < -0.4 is 10.1 Å². The molecule has 1 aromatic carbocycles. The molecule has 0 saturated heterocycles. The van der Waals surface area contributed by atoms with Crippen molar-refractivity contribution in [3.05, 3.63) is 29.8 Å². The summed E-state index contributed by atoms with van der Waals surface area (Å²) in [6.07, 6.45) is 0.456. The number of hydrogen-bond donors (Lipinski definition) is 1. The Balaban J connectivity index is 1.76. The van der Waals surface area contributed by atoms with Crippen molar-refractivity contribution in [1.82, 2.24) is 5.32 Å². The number of amides is 1. The first-order chi connectivity index (χ1) is 9.92. The van der Waals surface area contributed by atoms with Crippen molar-refractivity contribution in [2.75, 3.05) is 0 Å². The molecule has 0 atom stereocenters. The minimum absolute atomic E-state index is 0.00230. The number of carbonyl (C=O) groups excluding carboxylic acids is 1. The first kappa shape index (κ1) is 15.7. The normalized spacial score (nSPS) is 16.0. The lowest BCUT2D eigenvalue weighted by Gasteiger charge is -2.11. The number of halogens is 3. The molecule has 0 heterocycles. The molecular weight excluding hydrogens is 283 g/mol. The second-order valence-corrected chi connectivity index (χ2v) is 5.32. The van der Waals surface area contributed by atoms with Crippen LogP contribution in [0, 0.1) is 5.92 Å². The minimum Gasteiger partial charge on any atom is -0.406 e. The van der Waals surface area contributed by atoms with Crippen LogP contribution in [-0.4, -0.2) is 12.3 Å². The second kappa shape index (κ2) is 6.83. The third-order valence-electron chi connectivity index (χ3n) is 3.60. The Morgan fingerprint density at radius 1 is 1.19 bits per heavy atom. The number of hydrogen-bond acceptors (Lipinski definition) is 2. The Kier molecular flexibility index (Phi) is 5.09. The molecule has 2 rings (SSSR count). The molecule has 6 heteroatoms. The maximum absolute atomic E-state index is 12.0. The van der Waals surface area contributed by atoms with Gasteiger partial charge in [0.05, 0.1) is 0 Å². The molecule has 1 amide bonds. The van der Waals surface area contributed by atoms with E-state index in [9.17, 15) is 18.0 Å². The molecule has 1 N–H and O–H groups in total. The molecule has 3 nitrogen and oxygen atoms in total. The summed E-state index contributed by atoms with van der Waals surface area (Å²) in [5, 5.41) is 2.79. The monoisotopic (exact) mass is 301 g/mol. The van der Waals surface area contributed by atoms with Crippen LogP contribution >= 0.6 is 0 Å². The van der Waals surface area contributed by atoms with Crippen LogP contribution in [-0.2, 0) is 11.3 Å². The molecule has 0 radical (unpaired) electrons. The highest BCUT2D eigenvalue weighted by Gasteiger charge is 2.30. The van der Waals surface area contributed by atoms with Crippen LogP contribution in [0.1, 0.15) is 37.7 Å². The van der Waals surface area contributed by atoms with Gasteiger partial charge < -0.3 is 10.1 Å². The van der Waals surface area contributed by atoms with Gasteiger partial charge in [-0.2, -0.15) is 0 Å². The predicted molar refractivity (Wildman–Crippen MR) is 71.5 cm³/mol. The van der Waals surface area contributed by atoms with Crippen molar-refractivity contribution in [3.8, 4) is 5.75 Å². The lowest BCUT2D eigenvalue weighted by Crippen LogP contribution is -2.24. The van der Waals surface area contributed by atoms with Crippen molar-refractivity contribution >= 4 is 5.91 Å². The van der Waals surface area contributed by atoms with Gasteiger partial charge in [0.25, 0.3) is 0 Å². The van der Waals surface area contributed by atoms with Gasteiger partial charge in [-0.25, -0.2) is 0 Å². The molecule has 0 bridgehead atoms. The number of nitrogens with one attached hydrogen (secondary N) is 1. The minimum atomic E-state index is -4.68. The third-order valence-corrected chi connectivity index (χ3v) is 3.60. The van der Waals surface area contributed by atoms with Crippen LogP contribution in [0.4, 0.5) is 13.2 Å². The van der Waals surface area contributed by atoms with Gasteiger partial charge in [-0.15, -0.1) is 13.2 Å². The maximum Gasteiger partial charge on any atom is 0.573 e. The molecule has 1 aromatic rings. The van der Waals surface area contributed by atoms with E-state index in [1.54, 1.807) is 0 Å². The van der Waals surface area contributed by atoms with E-state index in [0.717, 1.165) is 18.4 Å². The molecule has 1 aliphatic rings. The van der Waals surface area contributed by atoms with E-state index in [1.807, 2.05) is 0 Å². The van der Waals surface area contributed by atoms with Crippen LogP contribution in [0.25, 0.3) is 0 Å². The molecule has 0 aliphatic heterocycles. The first-order valence-electron chi connectivity index (χ1n) is 7.04. The van der Waals surface area contributed by atoms with Gasteiger partial charge in [-0.3, -0.25) is 4.79 Å². The fourth-order valence-corrected chi connectivity index (χ4v) is 2.56. The summed E-state index contributed by atoms with van der Waals surface area (Å²) >= 11 is 0. The standard InChI is InChI=1S/C15H18F3NO2/c16-15(17,18)21-13-7-5-12(6-8-13)10-19-14(20)9-11-3-1-2-4-11/h5-8,11H,1-4,9-10H2,(H,19,20). The smallest absolute Gasteiger partial charge is 0.406 e. The summed E-state index contributed by atoms with van der Waals surface area (Å²) in [6.45, 7) is 0.317. The van der Waals surface area contributed by atoms with Gasteiger partial charge in [0.15, 0.2) is 0 Å². The number of ether oxygens (including phenoxy) is 1. The quantitative estimate of drug-likeness (QED) is 0.898. The SMILES string of the molecule is O=C(CC1CCCC1)NCc1ccc(OC(F)(F)F)cc1. The average Bonchev–Trinajstić information content (AvgIpc) is 2.89. The highest BCUT2D eigenvalue weighted by Crippen LogP contribution is 2.27. The lowest BCUT2D eigenvalue weighted by molar-refractivity contribution is -0.274. The van der Waals surface area contributed by atoms with Crippen LogP contribution in [0.5, 0.6) is 5.75 Å². The molecule has 1 saturated carbocycles. The largest absolute Gasteiger partial charge is 0.573 e. The molecule has 1 aliphatic carbocycles. The van der Waals surface area contributed by atoms with Crippen LogP contribution in [0.15, 0.2) is 24.3 Å². The van der Waals surface area contributed by atoms with Gasteiger partial charge in [0.2, 0.25) is 5.91 Å². The highest BCUT2D eigenvalue weighted by atomic mass is 19.4. The summed E-state index contributed by atoms with van der Waals surface area (Å²) < 4.78 is 39.8. The molecule has 1 fully saturated rings. The zero-order valence-electron chi connectivity index (χ0n) is 11.6. The number of benzene rings is 1. The van der Waals surface area contributed by atoms with E-state index in [0.29, 0.717) is 18.9 Å². The zero-order valence-corrected chi connectivity index (χ0v) is 11.6. The van der Waals surface area contributed by atoms with Gasteiger partial charge in [-0.1, -0.05) is 25.0 Å². The van der Waals surface area contributed by atoms with E-state index in [-0.39, 0.29) is 11.7 Å². The molecule has 21 heavy (non-hydrogen) atoms. The molecule has 116 valence electrons. The van der Waals surface area contributed by atoms with E-state index in [2.05, 4.69) is 10.1 Å². The topological polar surface area (TPSA) is 38.3 Å². The Morgan fingerprint density at radius 3 is 2.38 bits per heavy atom. The van der Waals surface area contributed by atoms with Crippen LogP contribution in [0.2, 0.25) is 0 Å². The zero-order chi connectivity index (χ0) is 15.3. The second-order valence-electron chi connectivity index (χ2n) is 5.32. The maximum atomic E-state index is 12.0. The summed E-state index contributed by atoms with van der Waals surface area (Å²) in [5.41, 5.74) is 0.740. The van der Waals surface area contributed by atoms with Crippen molar-refractivity contribution in [3.63, 3.8) is 0 Å². The first-order valence-corrected chi connectivity index (χ1v) is 7.04. The summed E-state index contributed by atoms with van der Waals surface area (Å²) in [5.74, 6) is 0.216. The fraction of sp³-hybridized carbons (Fsp3) is 0.533. The highest BCUT2D eigenvalue weighted by molar-refractivity contribution is 5.76. The lowest BCUT2D eigenvalue weighted by atomic mass is 10.0. The predicted octanol–water partition coefficient (Wildman–Crippen LogP) is 3.78. The third kappa shape index (κ3) is 5.65. The summed E-state index contributed by atoms with van der Waals surface area (Å²) in [4.78, 5) is 11.7. The van der Waals surface area contributed by atoms with Crippen molar-refractivity contribution in [1.29, 1.82) is 0 Å².